The predicted octanol–water partition coefficient (Wildman–Crippen LogP) is 5.09. The minimum absolute atomic E-state index is 0.647. The van der Waals surface area contributed by atoms with Gasteiger partial charge < -0.3 is 0 Å². The van der Waals surface area contributed by atoms with Gasteiger partial charge in [0.2, 0.25) is 0 Å². The molecule has 0 amide bonds. The highest BCUT2D eigenvalue weighted by atomic mass is 32.2. The molecule has 1 aliphatic heterocycles. The summed E-state index contributed by atoms with van der Waals surface area (Å²) in [5.41, 5.74) is 4.28. The lowest BCUT2D eigenvalue weighted by Gasteiger charge is -2.26. The minimum Gasteiger partial charge on any atom is -0.298 e. The zero-order valence-electron chi connectivity index (χ0n) is 13.8. The van der Waals surface area contributed by atoms with Gasteiger partial charge in [0.05, 0.1) is 0 Å². The molecular weight excluding hydrogens is 286 g/mol. The van der Waals surface area contributed by atoms with Crippen LogP contribution in [0.2, 0.25) is 0 Å². The first-order chi connectivity index (χ1) is 10.7. The second kappa shape index (κ2) is 6.89. The van der Waals surface area contributed by atoms with E-state index in [0.717, 1.165) is 19.6 Å². The van der Waals surface area contributed by atoms with E-state index in [1.807, 2.05) is 0 Å². The zero-order chi connectivity index (χ0) is 15.5. The Morgan fingerprint density at radius 3 is 2.45 bits per heavy atom. The molecule has 0 saturated heterocycles. The van der Waals surface area contributed by atoms with E-state index in [2.05, 4.69) is 86.0 Å². The number of hydrogen-bond acceptors (Lipinski definition) is 2. The highest BCUT2D eigenvalue weighted by Crippen LogP contribution is 2.45. The third-order valence-electron chi connectivity index (χ3n) is 4.66. The van der Waals surface area contributed by atoms with Crippen molar-refractivity contribution in [2.24, 2.45) is 0 Å². The highest BCUT2D eigenvalue weighted by molar-refractivity contribution is 8.00. The molecule has 1 aliphatic rings. The topological polar surface area (TPSA) is 3.24 Å². The Morgan fingerprint density at radius 1 is 1.05 bits per heavy atom. The van der Waals surface area contributed by atoms with Crippen molar-refractivity contribution in [3.63, 3.8) is 0 Å². The SMILES string of the molecule is CCN(Cc1ccc(C)cc1)CC1Sc2ccccc2C1C. The molecule has 116 valence electrons. The van der Waals surface area contributed by atoms with Gasteiger partial charge in [0.1, 0.15) is 0 Å². The molecule has 22 heavy (non-hydrogen) atoms. The van der Waals surface area contributed by atoms with Gasteiger partial charge in [-0.25, -0.2) is 0 Å². The van der Waals surface area contributed by atoms with Crippen LogP contribution in [0.3, 0.4) is 0 Å². The van der Waals surface area contributed by atoms with E-state index in [1.165, 1.54) is 21.6 Å². The van der Waals surface area contributed by atoms with Crippen molar-refractivity contribution in [2.45, 2.75) is 43.4 Å². The van der Waals surface area contributed by atoms with Gasteiger partial charge in [0.25, 0.3) is 0 Å². The summed E-state index contributed by atoms with van der Waals surface area (Å²) in [4.78, 5) is 4.05. The fraction of sp³-hybridized carbons (Fsp3) is 0.400. The molecule has 2 heteroatoms. The number of rotatable bonds is 5. The molecule has 2 aromatic rings. The Morgan fingerprint density at radius 2 is 1.77 bits per heavy atom. The van der Waals surface area contributed by atoms with Gasteiger partial charge in [-0.2, -0.15) is 0 Å². The van der Waals surface area contributed by atoms with E-state index in [4.69, 9.17) is 0 Å². The molecule has 0 aliphatic carbocycles. The van der Waals surface area contributed by atoms with E-state index in [9.17, 15) is 0 Å². The van der Waals surface area contributed by atoms with Crippen LogP contribution in [0.25, 0.3) is 0 Å². The van der Waals surface area contributed by atoms with Crippen molar-refractivity contribution in [3.05, 3.63) is 65.2 Å². The van der Waals surface area contributed by atoms with Gasteiger partial charge in [-0.05, 0) is 36.6 Å². The lowest BCUT2D eigenvalue weighted by molar-refractivity contribution is 0.275. The summed E-state index contributed by atoms with van der Waals surface area (Å²) in [6.45, 7) is 10.1. The minimum atomic E-state index is 0.647. The van der Waals surface area contributed by atoms with Crippen LogP contribution >= 0.6 is 11.8 Å². The lowest BCUT2D eigenvalue weighted by atomic mass is 9.97. The molecule has 2 unspecified atom stereocenters. The monoisotopic (exact) mass is 311 g/mol. The molecule has 0 spiro atoms. The molecule has 1 heterocycles. The molecule has 2 aromatic carbocycles. The van der Waals surface area contributed by atoms with Crippen LogP contribution in [-0.4, -0.2) is 23.2 Å². The fourth-order valence-electron chi connectivity index (χ4n) is 3.14. The molecule has 0 aromatic heterocycles. The summed E-state index contributed by atoms with van der Waals surface area (Å²) < 4.78 is 0. The average Bonchev–Trinajstić information content (AvgIpc) is 2.85. The number of fused-ring (bicyclic) bond motifs is 1. The number of nitrogens with zero attached hydrogens (tertiary/aromatic N) is 1. The van der Waals surface area contributed by atoms with E-state index >= 15 is 0 Å². The molecular formula is C20H25NS. The number of thioether (sulfide) groups is 1. The van der Waals surface area contributed by atoms with Crippen molar-refractivity contribution in [1.82, 2.24) is 4.90 Å². The smallest absolute Gasteiger partial charge is 0.0288 e. The predicted molar refractivity (Wildman–Crippen MR) is 96.6 cm³/mol. The van der Waals surface area contributed by atoms with Crippen molar-refractivity contribution in [1.29, 1.82) is 0 Å². The van der Waals surface area contributed by atoms with Gasteiger partial charge in [0.15, 0.2) is 0 Å². The average molecular weight is 311 g/mol. The first-order valence-electron chi connectivity index (χ1n) is 8.21. The normalized spacial score (nSPS) is 20.4. The quantitative estimate of drug-likeness (QED) is 0.756. The van der Waals surface area contributed by atoms with Gasteiger partial charge in [-0.15, -0.1) is 11.8 Å². The number of benzene rings is 2. The third kappa shape index (κ3) is 3.39. The maximum Gasteiger partial charge on any atom is 0.0288 e. The summed E-state index contributed by atoms with van der Waals surface area (Å²) in [6.07, 6.45) is 0. The van der Waals surface area contributed by atoms with Crippen LogP contribution in [0.4, 0.5) is 0 Å². The van der Waals surface area contributed by atoms with Gasteiger partial charge >= 0.3 is 0 Å². The second-order valence-electron chi connectivity index (χ2n) is 6.30. The molecule has 0 N–H and O–H groups in total. The standard InChI is InChI=1S/C20H25NS/c1-4-21(13-17-11-9-15(2)10-12-17)14-20-16(3)18-7-5-6-8-19(18)22-20/h5-12,16,20H,4,13-14H2,1-3H3. The van der Waals surface area contributed by atoms with E-state index in [0.29, 0.717) is 11.2 Å². The first kappa shape index (κ1) is 15.6. The Kier molecular flexibility index (Phi) is 4.90. The van der Waals surface area contributed by atoms with Crippen LogP contribution < -0.4 is 0 Å². The summed E-state index contributed by atoms with van der Waals surface area (Å²) in [6, 6.07) is 17.8. The van der Waals surface area contributed by atoms with E-state index in [1.54, 1.807) is 0 Å². The highest BCUT2D eigenvalue weighted by Gasteiger charge is 2.30. The zero-order valence-corrected chi connectivity index (χ0v) is 14.6. The van der Waals surface area contributed by atoms with Crippen LogP contribution in [0.1, 0.15) is 36.5 Å². The fourth-order valence-corrected chi connectivity index (χ4v) is 4.65. The van der Waals surface area contributed by atoms with Crippen LogP contribution in [0.15, 0.2) is 53.4 Å². The maximum absolute atomic E-state index is 2.57. The summed E-state index contributed by atoms with van der Waals surface area (Å²) in [7, 11) is 0. The molecule has 1 nitrogen and oxygen atoms in total. The maximum atomic E-state index is 2.57. The van der Waals surface area contributed by atoms with Crippen LogP contribution in [-0.2, 0) is 6.54 Å². The molecule has 0 bridgehead atoms. The summed E-state index contributed by atoms with van der Waals surface area (Å²) in [5, 5.41) is 0.669. The van der Waals surface area contributed by atoms with E-state index < -0.39 is 0 Å². The molecule has 0 fully saturated rings. The lowest BCUT2D eigenvalue weighted by Crippen LogP contribution is -2.31. The Balaban J connectivity index is 1.65. The van der Waals surface area contributed by atoms with Crippen LogP contribution in [0.5, 0.6) is 0 Å². The van der Waals surface area contributed by atoms with Crippen LogP contribution in [0, 0.1) is 6.92 Å². The Hall–Kier alpha value is -1.25. The van der Waals surface area contributed by atoms with Gasteiger partial charge in [0, 0.05) is 23.2 Å². The van der Waals surface area contributed by atoms with Gasteiger partial charge in [-0.1, -0.05) is 61.9 Å². The van der Waals surface area contributed by atoms with Crippen molar-refractivity contribution in [2.75, 3.05) is 13.1 Å². The number of hydrogen-bond donors (Lipinski definition) is 0. The molecule has 0 saturated carbocycles. The van der Waals surface area contributed by atoms with Crippen molar-refractivity contribution >= 4 is 11.8 Å². The molecule has 2 atom stereocenters. The second-order valence-corrected chi connectivity index (χ2v) is 7.58. The number of aryl methyl sites for hydroxylation is 1. The summed E-state index contributed by atoms with van der Waals surface area (Å²) in [5.74, 6) is 0.647. The molecule has 0 radical (unpaired) electrons. The van der Waals surface area contributed by atoms with Crippen molar-refractivity contribution in [3.8, 4) is 0 Å². The largest absolute Gasteiger partial charge is 0.298 e. The molecule has 3 rings (SSSR count). The van der Waals surface area contributed by atoms with E-state index in [-0.39, 0.29) is 0 Å². The third-order valence-corrected chi connectivity index (χ3v) is 6.14. The van der Waals surface area contributed by atoms with Crippen molar-refractivity contribution < 1.29 is 0 Å². The summed E-state index contributed by atoms with van der Waals surface area (Å²) >= 11 is 2.06. The van der Waals surface area contributed by atoms with Gasteiger partial charge in [-0.3, -0.25) is 4.90 Å². The Labute approximate surface area is 138 Å². The Bertz CT molecular complexity index is 620. The first-order valence-corrected chi connectivity index (χ1v) is 9.09.